The first kappa shape index (κ1) is 21.2. The standard InChI is InChI=1S/C24H21FN4O3/c1-15-5-4-12-29-21(15)28-23(32-19-10-8-17(25)9-11-19)20(24(29)31)13-16(14-26)22(30)27-18-6-2-3-7-18/h4-5,8-13,18H,2-3,6-7H2,1H3,(H,27,30)/b16-13+. The van der Waals surface area contributed by atoms with Crippen LogP contribution in [0.15, 0.2) is 53.0 Å². The molecule has 7 nitrogen and oxygen atoms in total. The lowest BCUT2D eigenvalue weighted by Gasteiger charge is -2.13. The number of fused-ring (bicyclic) bond motifs is 1. The van der Waals surface area contributed by atoms with Crippen molar-refractivity contribution in [3.8, 4) is 17.7 Å². The molecule has 32 heavy (non-hydrogen) atoms. The molecule has 2 heterocycles. The van der Waals surface area contributed by atoms with Crippen LogP contribution < -0.4 is 15.6 Å². The normalized spacial score (nSPS) is 14.3. The smallest absolute Gasteiger partial charge is 0.269 e. The Kier molecular flexibility index (Phi) is 5.99. The van der Waals surface area contributed by atoms with E-state index in [-0.39, 0.29) is 28.8 Å². The summed E-state index contributed by atoms with van der Waals surface area (Å²) >= 11 is 0. The minimum atomic E-state index is -0.541. The highest BCUT2D eigenvalue weighted by Gasteiger charge is 2.21. The monoisotopic (exact) mass is 432 g/mol. The number of carbonyl (C=O) groups excluding carboxylic acids is 1. The average Bonchev–Trinajstić information content (AvgIpc) is 3.29. The largest absolute Gasteiger partial charge is 0.438 e. The van der Waals surface area contributed by atoms with Crippen molar-refractivity contribution in [3.63, 3.8) is 0 Å². The maximum absolute atomic E-state index is 13.3. The van der Waals surface area contributed by atoms with Gasteiger partial charge in [0, 0.05) is 12.2 Å². The second-order valence-electron chi connectivity index (χ2n) is 7.70. The quantitative estimate of drug-likeness (QED) is 0.487. The molecule has 1 fully saturated rings. The molecule has 1 aliphatic rings. The third kappa shape index (κ3) is 4.37. The van der Waals surface area contributed by atoms with Gasteiger partial charge in [0.2, 0.25) is 5.88 Å². The lowest BCUT2D eigenvalue weighted by atomic mass is 10.1. The summed E-state index contributed by atoms with van der Waals surface area (Å²) in [4.78, 5) is 30.4. The Morgan fingerprint density at radius 3 is 2.69 bits per heavy atom. The summed E-state index contributed by atoms with van der Waals surface area (Å²) in [6.07, 6.45) is 6.54. The van der Waals surface area contributed by atoms with E-state index in [0.29, 0.717) is 5.65 Å². The number of amides is 1. The Balaban J connectivity index is 1.81. The molecule has 0 atom stereocenters. The molecule has 0 bridgehead atoms. The molecule has 0 spiro atoms. The van der Waals surface area contributed by atoms with E-state index in [4.69, 9.17) is 4.74 Å². The van der Waals surface area contributed by atoms with Crippen LogP contribution in [0.1, 0.15) is 36.8 Å². The molecule has 1 aromatic carbocycles. The van der Waals surface area contributed by atoms with Crippen LogP contribution in [0, 0.1) is 24.1 Å². The average molecular weight is 432 g/mol. The van der Waals surface area contributed by atoms with Crippen molar-refractivity contribution in [3.05, 3.63) is 75.5 Å². The van der Waals surface area contributed by atoms with Gasteiger partial charge < -0.3 is 10.1 Å². The second kappa shape index (κ2) is 9.02. The molecule has 1 N–H and O–H groups in total. The van der Waals surface area contributed by atoms with Gasteiger partial charge in [-0.2, -0.15) is 10.2 Å². The summed E-state index contributed by atoms with van der Waals surface area (Å²) in [6.45, 7) is 1.80. The predicted octanol–water partition coefficient (Wildman–Crippen LogP) is 3.90. The molecule has 2 aromatic heterocycles. The van der Waals surface area contributed by atoms with Gasteiger partial charge in [-0.25, -0.2) is 4.39 Å². The van der Waals surface area contributed by atoms with Crippen molar-refractivity contribution in [1.82, 2.24) is 14.7 Å². The molecule has 1 aliphatic carbocycles. The summed E-state index contributed by atoms with van der Waals surface area (Å²) in [5.41, 5.74) is 0.365. The number of aryl methyl sites for hydroxylation is 1. The Bertz CT molecular complexity index is 1300. The van der Waals surface area contributed by atoms with Crippen molar-refractivity contribution in [2.45, 2.75) is 38.6 Å². The van der Waals surface area contributed by atoms with E-state index in [1.807, 2.05) is 6.07 Å². The molecule has 162 valence electrons. The van der Waals surface area contributed by atoms with Gasteiger partial charge >= 0.3 is 0 Å². The summed E-state index contributed by atoms with van der Waals surface area (Å²) in [6, 6.07) is 10.7. The number of aromatic nitrogens is 2. The Hall–Kier alpha value is -3.99. The van der Waals surface area contributed by atoms with Crippen LogP contribution in [0.5, 0.6) is 11.6 Å². The van der Waals surface area contributed by atoms with Gasteiger partial charge in [-0.1, -0.05) is 18.9 Å². The molecule has 8 heteroatoms. The van der Waals surface area contributed by atoms with E-state index >= 15 is 0 Å². The fraction of sp³-hybridized carbons (Fsp3) is 0.250. The van der Waals surface area contributed by atoms with E-state index in [1.54, 1.807) is 25.3 Å². The molecule has 0 radical (unpaired) electrons. The first-order valence-electron chi connectivity index (χ1n) is 10.3. The van der Waals surface area contributed by atoms with E-state index in [0.717, 1.165) is 31.2 Å². The number of hydrogen-bond acceptors (Lipinski definition) is 5. The maximum Gasteiger partial charge on any atom is 0.269 e. The zero-order chi connectivity index (χ0) is 22.7. The third-order valence-electron chi connectivity index (χ3n) is 5.42. The second-order valence-corrected chi connectivity index (χ2v) is 7.70. The number of pyridine rings is 1. The van der Waals surface area contributed by atoms with Gasteiger partial charge in [-0.3, -0.25) is 14.0 Å². The van der Waals surface area contributed by atoms with Crippen LogP contribution in [-0.4, -0.2) is 21.3 Å². The number of nitrogens with zero attached hydrogens (tertiary/aromatic N) is 3. The molecule has 1 amide bonds. The van der Waals surface area contributed by atoms with Crippen LogP contribution in [0.4, 0.5) is 4.39 Å². The highest BCUT2D eigenvalue weighted by atomic mass is 19.1. The number of nitrogens with one attached hydrogen (secondary N) is 1. The Labute approximate surface area is 183 Å². The minimum Gasteiger partial charge on any atom is -0.438 e. The van der Waals surface area contributed by atoms with E-state index in [1.165, 1.54) is 34.7 Å². The fourth-order valence-corrected chi connectivity index (χ4v) is 3.73. The molecular formula is C24H21FN4O3. The zero-order valence-corrected chi connectivity index (χ0v) is 17.5. The number of ether oxygens (including phenoxy) is 1. The van der Waals surface area contributed by atoms with Crippen LogP contribution in [-0.2, 0) is 4.79 Å². The third-order valence-corrected chi connectivity index (χ3v) is 5.42. The summed E-state index contributed by atoms with van der Waals surface area (Å²) in [5, 5.41) is 12.5. The summed E-state index contributed by atoms with van der Waals surface area (Å²) in [7, 11) is 0. The SMILES string of the molecule is Cc1cccn2c(=O)c(/C=C(\C#N)C(=O)NC3CCCC3)c(Oc3ccc(F)cc3)nc12. The van der Waals surface area contributed by atoms with Crippen molar-refractivity contribution in [2.75, 3.05) is 0 Å². The van der Waals surface area contributed by atoms with Crippen molar-refractivity contribution < 1.29 is 13.9 Å². The number of nitriles is 1. The van der Waals surface area contributed by atoms with Gasteiger partial charge in [0.15, 0.2) is 0 Å². The van der Waals surface area contributed by atoms with E-state index < -0.39 is 17.3 Å². The van der Waals surface area contributed by atoms with Crippen molar-refractivity contribution in [2.24, 2.45) is 0 Å². The Morgan fingerprint density at radius 1 is 1.28 bits per heavy atom. The highest BCUT2D eigenvalue weighted by Crippen LogP contribution is 2.25. The lowest BCUT2D eigenvalue weighted by molar-refractivity contribution is -0.117. The summed E-state index contributed by atoms with van der Waals surface area (Å²) < 4.78 is 20.4. The van der Waals surface area contributed by atoms with Crippen molar-refractivity contribution in [1.29, 1.82) is 5.26 Å². The Morgan fingerprint density at radius 2 is 2.00 bits per heavy atom. The minimum absolute atomic E-state index is 0.0210. The molecule has 4 rings (SSSR count). The summed E-state index contributed by atoms with van der Waals surface area (Å²) in [5.74, 6) is -0.784. The van der Waals surface area contributed by atoms with Gasteiger partial charge in [0.25, 0.3) is 11.5 Å². The van der Waals surface area contributed by atoms with Crippen molar-refractivity contribution >= 4 is 17.6 Å². The number of hydrogen-bond donors (Lipinski definition) is 1. The fourth-order valence-electron chi connectivity index (χ4n) is 3.73. The van der Waals surface area contributed by atoms with Gasteiger partial charge in [-0.15, -0.1) is 0 Å². The molecule has 0 saturated heterocycles. The number of rotatable bonds is 5. The number of carbonyl (C=O) groups is 1. The van der Waals surface area contributed by atoms with Gasteiger partial charge in [-0.05, 0) is 61.7 Å². The van der Waals surface area contributed by atoms with Crippen LogP contribution in [0.2, 0.25) is 0 Å². The van der Waals surface area contributed by atoms with Crippen LogP contribution >= 0.6 is 0 Å². The maximum atomic E-state index is 13.3. The van der Waals surface area contributed by atoms with E-state index in [2.05, 4.69) is 10.3 Å². The topological polar surface area (TPSA) is 96.5 Å². The number of halogens is 1. The van der Waals surface area contributed by atoms with Gasteiger partial charge in [0.1, 0.15) is 34.4 Å². The van der Waals surface area contributed by atoms with Crippen LogP contribution in [0.3, 0.4) is 0 Å². The highest BCUT2D eigenvalue weighted by molar-refractivity contribution is 6.02. The van der Waals surface area contributed by atoms with Crippen LogP contribution in [0.25, 0.3) is 11.7 Å². The molecular weight excluding hydrogens is 411 g/mol. The first-order valence-corrected chi connectivity index (χ1v) is 10.3. The lowest BCUT2D eigenvalue weighted by Crippen LogP contribution is -2.33. The molecule has 0 unspecified atom stereocenters. The van der Waals surface area contributed by atoms with E-state index in [9.17, 15) is 19.2 Å². The number of benzene rings is 1. The molecule has 0 aliphatic heterocycles. The first-order chi connectivity index (χ1) is 15.5. The molecule has 3 aromatic rings. The predicted molar refractivity (Wildman–Crippen MR) is 117 cm³/mol. The molecule has 1 saturated carbocycles. The zero-order valence-electron chi connectivity index (χ0n) is 17.5. The van der Waals surface area contributed by atoms with Gasteiger partial charge in [0.05, 0.1) is 0 Å².